The Morgan fingerprint density at radius 2 is 1.32 bits per heavy atom. The Balaban J connectivity index is 5.57. The van der Waals surface area contributed by atoms with Crippen LogP contribution in [0.25, 0.3) is 0 Å². The number of aliphatic hydroxyl groups is 1. The van der Waals surface area contributed by atoms with Crippen molar-refractivity contribution in [2.24, 2.45) is 0 Å². The van der Waals surface area contributed by atoms with Crippen LogP contribution in [0.3, 0.4) is 0 Å². The molecule has 0 fully saturated rings. The van der Waals surface area contributed by atoms with Gasteiger partial charge in [0.15, 0.2) is 5.60 Å². The van der Waals surface area contributed by atoms with Crippen molar-refractivity contribution in [3.63, 3.8) is 0 Å². The summed E-state index contributed by atoms with van der Waals surface area (Å²) >= 11 is 0. The molecular formula is C11H12F8O3. The molecule has 0 aromatic heterocycles. The maximum atomic E-state index is 13.8. The van der Waals surface area contributed by atoms with Crippen molar-refractivity contribution in [3.05, 3.63) is 12.2 Å². The van der Waals surface area contributed by atoms with E-state index in [1.54, 1.807) is 0 Å². The van der Waals surface area contributed by atoms with Crippen molar-refractivity contribution < 1.29 is 49.8 Å². The highest BCUT2D eigenvalue weighted by atomic mass is 19.4. The van der Waals surface area contributed by atoms with E-state index in [1.165, 1.54) is 0 Å². The topological polar surface area (TPSA) is 46.5 Å². The van der Waals surface area contributed by atoms with Gasteiger partial charge < -0.3 is 9.84 Å². The number of carbonyl (C=O) groups excluding carboxylic acids is 1. The van der Waals surface area contributed by atoms with Gasteiger partial charge in [-0.2, -0.15) is 35.1 Å². The molecule has 0 aromatic rings. The van der Waals surface area contributed by atoms with Crippen LogP contribution >= 0.6 is 0 Å². The Morgan fingerprint density at radius 1 is 0.955 bits per heavy atom. The van der Waals surface area contributed by atoms with Crippen LogP contribution in [-0.2, 0) is 9.53 Å². The Kier molecular flexibility index (Phi) is 5.02. The van der Waals surface area contributed by atoms with Gasteiger partial charge in [-0.3, -0.25) is 0 Å². The predicted octanol–water partition coefficient (Wildman–Crippen LogP) is 3.38. The second kappa shape index (κ2) is 5.36. The molecule has 3 nitrogen and oxygen atoms in total. The molecule has 0 rings (SSSR count). The molecular weight excluding hydrogens is 332 g/mol. The quantitative estimate of drug-likeness (QED) is 0.483. The average molecular weight is 344 g/mol. The van der Waals surface area contributed by atoms with Crippen molar-refractivity contribution in [1.82, 2.24) is 0 Å². The first-order valence-corrected chi connectivity index (χ1v) is 5.45. The van der Waals surface area contributed by atoms with E-state index in [9.17, 15) is 39.9 Å². The van der Waals surface area contributed by atoms with E-state index in [1.807, 2.05) is 0 Å². The highest BCUT2D eigenvalue weighted by molar-refractivity contribution is 5.89. The molecule has 0 saturated heterocycles. The SMILES string of the molecule is C=C(C(=O)OC(C)(C)C(F)(F)C(C)(O)C(F)(F)F)C(F)(F)F. The van der Waals surface area contributed by atoms with E-state index in [0.717, 1.165) is 0 Å². The fourth-order valence-corrected chi connectivity index (χ4v) is 1.24. The minimum atomic E-state index is -5.83. The zero-order valence-electron chi connectivity index (χ0n) is 11.5. The maximum Gasteiger partial charge on any atom is 0.423 e. The molecule has 0 saturated carbocycles. The molecule has 1 atom stereocenters. The molecule has 1 N–H and O–H groups in total. The van der Waals surface area contributed by atoms with Crippen molar-refractivity contribution >= 4 is 5.97 Å². The summed E-state index contributed by atoms with van der Waals surface area (Å²) in [7, 11) is 0. The Hall–Kier alpha value is -1.39. The molecule has 0 aliphatic heterocycles. The van der Waals surface area contributed by atoms with Crippen LogP contribution in [0.5, 0.6) is 0 Å². The van der Waals surface area contributed by atoms with Gasteiger partial charge in [-0.05, 0) is 20.8 Å². The molecule has 130 valence electrons. The summed E-state index contributed by atoms with van der Waals surface area (Å²) in [5, 5.41) is 9.01. The minimum Gasteiger partial charge on any atom is -0.450 e. The van der Waals surface area contributed by atoms with Crippen LogP contribution in [0, 0.1) is 0 Å². The van der Waals surface area contributed by atoms with E-state index in [0.29, 0.717) is 0 Å². The second-order valence-electron chi connectivity index (χ2n) is 5.02. The van der Waals surface area contributed by atoms with Crippen molar-refractivity contribution in [2.45, 2.75) is 50.2 Å². The van der Waals surface area contributed by atoms with Crippen LogP contribution < -0.4 is 0 Å². The minimum absolute atomic E-state index is 0.231. The average Bonchev–Trinajstić information content (AvgIpc) is 2.23. The van der Waals surface area contributed by atoms with E-state index >= 15 is 0 Å². The van der Waals surface area contributed by atoms with Crippen LogP contribution in [0.4, 0.5) is 35.1 Å². The first-order valence-electron chi connectivity index (χ1n) is 5.45. The van der Waals surface area contributed by atoms with E-state index in [4.69, 9.17) is 5.11 Å². The van der Waals surface area contributed by atoms with Crippen LogP contribution in [0.1, 0.15) is 20.8 Å². The van der Waals surface area contributed by atoms with Crippen molar-refractivity contribution in [3.8, 4) is 0 Å². The van der Waals surface area contributed by atoms with Crippen molar-refractivity contribution in [1.29, 1.82) is 0 Å². The number of hydrogen-bond acceptors (Lipinski definition) is 3. The van der Waals surface area contributed by atoms with E-state index in [-0.39, 0.29) is 20.8 Å². The van der Waals surface area contributed by atoms with Gasteiger partial charge in [0.2, 0.25) is 5.60 Å². The number of rotatable bonds is 4. The van der Waals surface area contributed by atoms with Crippen LogP contribution in [-0.4, -0.2) is 40.6 Å². The molecule has 0 aromatic carbocycles. The predicted molar refractivity (Wildman–Crippen MR) is 57.0 cm³/mol. The number of esters is 1. The van der Waals surface area contributed by atoms with Gasteiger partial charge in [-0.15, -0.1) is 0 Å². The lowest BCUT2D eigenvalue weighted by molar-refractivity contribution is -0.356. The van der Waals surface area contributed by atoms with Gasteiger partial charge in [-0.25, -0.2) is 4.79 Å². The van der Waals surface area contributed by atoms with Crippen molar-refractivity contribution in [2.75, 3.05) is 0 Å². The third kappa shape index (κ3) is 3.50. The lowest BCUT2D eigenvalue weighted by Gasteiger charge is -2.42. The number of ether oxygens (including phenoxy) is 1. The Labute approximate surface area is 119 Å². The summed E-state index contributed by atoms with van der Waals surface area (Å²) < 4.78 is 105. The van der Waals surface area contributed by atoms with Gasteiger partial charge in [0, 0.05) is 0 Å². The normalized spacial score (nSPS) is 16.9. The van der Waals surface area contributed by atoms with Gasteiger partial charge in [0.1, 0.15) is 5.57 Å². The van der Waals surface area contributed by atoms with E-state index in [2.05, 4.69) is 11.3 Å². The fourth-order valence-electron chi connectivity index (χ4n) is 1.24. The monoisotopic (exact) mass is 344 g/mol. The molecule has 0 heterocycles. The Morgan fingerprint density at radius 3 is 1.59 bits per heavy atom. The molecule has 11 heteroatoms. The van der Waals surface area contributed by atoms with Crippen LogP contribution in [0.2, 0.25) is 0 Å². The first-order chi connectivity index (χ1) is 9.29. The first kappa shape index (κ1) is 20.6. The highest BCUT2D eigenvalue weighted by Gasteiger charge is 2.72. The third-order valence-electron chi connectivity index (χ3n) is 2.86. The largest absolute Gasteiger partial charge is 0.450 e. The molecule has 0 bridgehead atoms. The molecule has 0 aliphatic rings. The lowest BCUT2D eigenvalue weighted by Crippen LogP contribution is -2.66. The summed E-state index contributed by atoms with van der Waals surface area (Å²) in [6.45, 7) is 2.45. The smallest absolute Gasteiger partial charge is 0.423 e. The highest BCUT2D eigenvalue weighted by Crippen LogP contribution is 2.48. The van der Waals surface area contributed by atoms with E-state index < -0.39 is 41.0 Å². The molecule has 0 aliphatic carbocycles. The zero-order chi connectivity index (χ0) is 18.4. The fraction of sp³-hybridized carbons (Fsp3) is 0.727. The van der Waals surface area contributed by atoms with Gasteiger partial charge in [0.05, 0.1) is 0 Å². The molecule has 22 heavy (non-hydrogen) atoms. The second-order valence-corrected chi connectivity index (χ2v) is 5.02. The zero-order valence-corrected chi connectivity index (χ0v) is 11.5. The summed E-state index contributed by atoms with van der Waals surface area (Å²) in [5.74, 6) is -7.53. The summed E-state index contributed by atoms with van der Waals surface area (Å²) in [5.41, 5.74) is -10.2. The summed E-state index contributed by atoms with van der Waals surface area (Å²) in [6.07, 6.45) is -11.1. The number of alkyl halides is 8. The van der Waals surface area contributed by atoms with Gasteiger partial charge in [-0.1, -0.05) is 6.58 Å². The van der Waals surface area contributed by atoms with Crippen LogP contribution in [0.15, 0.2) is 12.2 Å². The summed E-state index contributed by atoms with van der Waals surface area (Å²) in [4.78, 5) is 11.1. The third-order valence-corrected chi connectivity index (χ3v) is 2.86. The number of hydrogen-bond donors (Lipinski definition) is 1. The maximum absolute atomic E-state index is 13.8. The Bertz CT molecular complexity index is 459. The molecule has 0 radical (unpaired) electrons. The number of halogens is 8. The molecule has 1 unspecified atom stereocenters. The summed E-state index contributed by atoms with van der Waals surface area (Å²) in [6, 6.07) is 0. The standard InChI is InChI=1S/C11H12F8O3/c1-5(9(12,13)14)6(20)22-7(2,3)10(15,16)8(4,21)11(17,18)19/h21H,1H2,2-4H3. The van der Waals surface area contributed by atoms with Gasteiger partial charge in [0.25, 0.3) is 0 Å². The number of carbonyl (C=O) groups is 1. The lowest BCUT2D eigenvalue weighted by atomic mass is 9.85. The molecule has 0 amide bonds. The van der Waals surface area contributed by atoms with Gasteiger partial charge >= 0.3 is 24.2 Å². The molecule has 0 spiro atoms.